The van der Waals surface area contributed by atoms with Gasteiger partial charge in [0, 0.05) is 45.3 Å². The molecule has 1 aliphatic heterocycles. The maximum atomic E-state index is 14.1. The molecule has 2 aromatic heterocycles. The number of carbonyl (C=O) groups excluding carboxylic acids is 2. The fraction of sp³-hybridized carbons (Fsp3) is 0.333. The van der Waals surface area contributed by atoms with E-state index in [-0.39, 0.29) is 29.8 Å². The predicted octanol–water partition coefficient (Wildman–Crippen LogP) is 2.77. The second-order valence-electron chi connectivity index (χ2n) is 10.3. The second kappa shape index (κ2) is 11.4. The van der Waals surface area contributed by atoms with Gasteiger partial charge in [0.1, 0.15) is 28.2 Å². The number of aromatic nitrogens is 3. The Kier molecular flexibility index (Phi) is 7.70. The van der Waals surface area contributed by atoms with E-state index in [1.807, 2.05) is 34.9 Å². The molecule has 3 heterocycles. The van der Waals surface area contributed by atoms with Crippen molar-refractivity contribution < 1.29 is 14.3 Å². The van der Waals surface area contributed by atoms with E-state index in [1.54, 1.807) is 38.4 Å². The monoisotopic (exact) mass is 542 g/mol. The standard InChI is InChI=1S/C30H34N6O4/c1-33(2)29(38)25-26-27(30(39)35(19-32-26)18-24(37)21-11-7-13-23(15-21)40-3)36(16-20-9-5-4-6-10-20)28(25)34-14-8-12-22(31)17-34/h4-7,9-11,13,15,19,22H,8,12,14,16-18,31H2,1-3H3. The topological polar surface area (TPSA) is 116 Å². The van der Waals surface area contributed by atoms with E-state index in [9.17, 15) is 14.4 Å². The quantitative estimate of drug-likeness (QED) is 0.341. The van der Waals surface area contributed by atoms with Crippen molar-refractivity contribution in [2.75, 3.05) is 39.2 Å². The summed E-state index contributed by atoms with van der Waals surface area (Å²) in [5.74, 6) is 0.687. The molecule has 4 aromatic rings. The zero-order valence-electron chi connectivity index (χ0n) is 23.0. The summed E-state index contributed by atoms with van der Waals surface area (Å²) in [5, 5.41) is 0. The minimum absolute atomic E-state index is 0.0515. The first kappa shape index (κ1) is 27.1. The molecule has 1 amide bonds. The lowest BCUT2D eigenvalue weighted by molar-refractivity contribution is 0.0829. The molecule has 0 bridgehead atoms. The molecular formula is C30H34N6O4. The molecule has 0 saturated carbocycles. The summed E-state index contributed by atoms with van der Waals surface area (Å²) in [6.07, 6.45) is 3.12. The Hall–Kier alpha value is -4.44. The molecule has 208 valence electrons. The third-order valence-corrected chi connectivity index (χ3v) is 7.27. The lowest BCUT2D eigenvalue weighted by Gasteiger charge is -2.34. The highest BCUT2D eigenvalue weighted by molar-refractivity contribution is 6.10. The summed E-state index contributed by atoms with van der Waals surface area (Å²) in [7, 11) is 4.90. The minimum atomic E-state index is -0.391. The highest BCUT2D eigenvalue weighted by Crippen LogP contribution is 2.33. The molecule has 40 heavy (non-hydrogen) atoms. The molecule has 1 saturated heterocycles. The van der Waals surface area contributed by atoms with Crippen LogP contribution < -0.4 is 20.9 Å². The minimum Gasteiger partial charge on any atom is -0.497 e. The number of hydrogen-bond donors (Lipinski definition) is 1. The van der Waals surface area contributed by atoms with Crippen LogP contribution in [0, 0.1) is 0 Å². The largest absolute Gasteiger partial charge is 0.497 e. The van der Waals surface area contributed by atoms with Gasteiger partial charge in [0.2, 0.25) is 0 Å². The van der Waals surface area contributed by atoms with Crippen molar-refractivity contribution in [3.63, 3.8) is 0 Å². The van der Waals surface area contributed by atoms with E-state index in [4.69, 9.17) is 10.5 Å². The number of methoxy groups -OCH3 is 1. The van der Waals surface area contributed by atoms with Crippen molar-refractivity contribution in [1.82, 2.24) is 19.0 Å². The van der Waals surface area contributed by atoms with Gasteiger partial charge in [-0.25, -0.2) is 4.98 Å². The van der Waals surface area contributed by atoms with Crippen molar-refractivity contribution in [3.8, 4) is 5.75 Å². The van der Waals surface area contributed by atoms with Gasteiger partial charge in [-0.1, -0.05) is 42.5 Å². The van der Waals surface area contributed by atoms with Crippen molar-refractivity contribution >= 4 is 28.5 Å². The Morgan fingerprint density at radius 1 is 1.12 bits per heavy atom. The molecule has 5 rings (SSSR count). The van der Waals surface area contributed by atoms with Crippen molar-refractivity contribution in [1.29, 1.82) is 0 Å². The lowest BCUT2D eigenvalue weighted by atomic mass is 10.1. The van der Waals surface area contributed by atoms with E-state index in [2.05, 4.69) is 9.88 Å². The number of fused-ring (bicyclic) bond motifs is 1. The van der Waals surface area contributed by atoms with E-state index >= 15 is 0 Å². The van der Waals surface area contributed by atoms with E-state index in [1.165, 1.54) is 22.9 Å². The van der Waals surface area contributed by atoms with Crippen LogP contribution in [0.2, 0.25) is 0 Å². The number of rotatable bonds is 8. The Balaban J connectivity index is 1.70. The average Bonchev–Trinajstić information content (AvgIpc) is 3.28. The number of hydrogen-bond acceptors (Lipinski definition) is 7. The number of benzene rings is 2. The Morgan fingerprint density at radius 3 is 2.60 bits per heavy atom. The number of ether oxygens (including phenoxy) is 1. The van der Waals surface area contributed by atoms with Crippen molar-refractivity contribution in [3.05, 3.63) is 88.0 Å². The Morgan fingerprint density at radius 2 is 1.90 bits per heavy atom. The summed E-state index contributed by atoms with van der Waals surface area (Å²) in [4.78, 5) is 49.1. The molecule has 1 atom stereocenters. The maximum Gasteiger partial charge on any atom is 0.278 e. The van der Waals surface area contributed by atoms with E-state index in [0.717, 1.165) is 18.4 Å². The highest BCUT2D eigenvalue weighted by atomic mass is 16.5. The van der Waals surface area contributed by atoms with Gasteiger partial charge in [-0.2, -0.15) is 0 Å². The fourth-order valence-electron chi connectivity index (χ4n) is 5.28. The van der Waals surface area contributed by atoms with Crippen LogP contribution >= 0.6 is 0 Å². The van der Waals surface area contributed by atoms with Crippen molar-refractivity contribution in [2.45, 2.75) is 32.0 Å². The van der Waals surface area contributed by atoms with Crippen LogP contribution in [0.4, 0.5) is 5.82 Å². The number of nitrogens with zero attached hydrogens (tertiary/aromatic N) is 5. The second-order valence-corrected chi connectivity index (χ2v) is 10.3. The molecule has 1 fully saturated rings. The normalized spacial score (nSPS) is 15.3. The molecular weight excluding hydrogens is 508 g/mol. The zero-order valence-corrected chi connectivity index (χ0v) is 23.0. The first-order valence-corrected chi connectivity index (χ1v) is 13.3. The van der Waals surface area contributed by atoms with Crippen LogP contribution in [0.1, 0.15) is 39.1 Å². The molecule has 0 spiro atoms. The number of piperidine rings is 1. The Labute approximate surface area is 232 Å². The van der Waals surface area contributed by atoms with Gasteiger partial charge in [0.05, 0.1) is 20.0 Å². The SMILES string of the molecule is COc1cccc(C(=O)Cn2cnc3c(C(=O)N(C)C)c(N4CCCC(N)C4)n(Cc4ccccc4)c3c2=O)c1. The van der Waals surface area contributed by atoms with Gasteiger partial charge < -0.3 is 24.8 Å². The van der Waals surface area contributed by atoms with Crippen LogP contribution in [0.3, 0.4) is 0 Å². The molecule has 1 aliphatic rings. The summed E-state index contributed by atoms with van der Waals surface area (Å²) in [6.45, 7) is 1.41. The summed E-state index contributed by atoms with van der Waals surface area (Å²) in [6, 6.07) is 16.5. The molecule has 0 aliphatic carbocycles. The Bertz CT molecular complexity index is 1610. The van der Waals surface area contributed by atoms with Crippen LogP contribution in [-0.2, 0) is 13.1 Å². The zero-order chi connectivity index (χ0) is 28.4. The third-order valence-electron chi connectivity index (χ3n) is 7.27. The van der Waals surface area contributed by atoms with Gasteiger partial charge in [-0.3, -0.25) is 19.0 Å². The lowest BCUT2D eigenvalue weighted by Crippen LogP contribution is -2.44. The van der Waals surface area contributed by atoms with E-state index < -0.39 is 5.56 Å². The number of carbonyl (C=O) groups is 2. The summed E-state index contributed by atoms with van der Waals surface area (Å²) in [5.41, 5.74) is 8.33. The molecule has 10 heteroatoms. The highest BCUT2D eigenvalue weighted by Gasteiger charge is 2.32. The van der Waals surface area contributed by atoms with Gasteiger partial charge in [0.15, 0.2) is 5.78 Å². The third kappa shape index (κ3) is 5.22. The van der Waals surface area contributed by atoms with Gasteiger partial charge in [0.25, 0.3) is 11.5 Å². The molecule has 1 unspecified atom stereocenters. The predicted molar refractivity (Wildman–Crippen MR) is 154 cm³/mol. The number of Topliss-reactive ketones (excluding diaryl/α,β-unsaturated/α-hetero) is 1. The average molecular weight is 543 g/mol. The van der Waals surface area contributed by atoms with Crippen LogP contribution in [0.5, 0.6) is 5.75 Å². The molecule has 2 N–H and O–H groups in total. The van der Waals surface area contributed by atoms with E-state index in [0.29, 0.717) is 47.8 Å². The summed E-state index contributed by atoms with van der Waals surface area (Å²) >= 11 is 0. The number of amides is 1. The van der Waals surface area contributed by atoms with Gasteiger partial charge >= 0.3 is 0 Å². The number of anilines is 1. The first-order chi connectivity index (χ1) is 19.3. The first-order valence-electron chi connectivity index (χ1n) is 13.3. The molecule has 2 aromatic carbocycles. The molecule has 0 radical (unpaired) electrons. The number of ketones is 1. The number of nitrogens with two attached hydrogens (primary N) is 1. The molecule has 10 nitrogen and oxygen atoms in total. The summed E-state index contributed by atoms with van der Waals surface area (Å²) < 4.78 is 8.43. The van der Waals surface area contributed by atoms with Crippen LogP contribution in [0.15, 0.2) is 65.7 Å². The van der Waals surface area contributed by atoms with Crippen molar-refractivity contribution in [2.24, 2.45) is 5.73 Å². The van der Waals surface area contributed by atoms with Gasteiger partial charge in [-0.05, 0) is 30.5 Å². The fourth-order valence-corrected chi connectivity index (χ4v) is 5.28. The maximum absolute atomic E-state index is 14.1. The van der Waals surface area contributed by atoms with Crippen LogP contribution in [0.25, 0.3) is 11.0 Å². The van der Waals surface area contributed by atoms with Crippen LogP contribution in [-0.4, -0.2) is 71.0 Å². The smallest absolute Gasteiger partial charge is 0.278 e. The van der Waals surface area contributed by atoms with Gasteiger partial charge in [-0.15, -0.1) is 0 Å².